The predicted molar refractivity (Wildman–Crippen MR) is 140 cm³/mol. The van der Waals surface area contributed by atoms with Gasteiger partial charge in [0.25, 0.3) is 0 Å². The van der Waals surface area contributed by atoms with Crippen LogP contribution in [0, 0.1) is 0 Å². The van der Waals surface area contributed by atoms with Crippen LogP contribution in [0.1, 0.15) is 11.1 Å². The van der Waals surface area contributed by atoms with Gasteiger partial charge in [-0.1, -0.05) is 59.1 Å². The Kier molecular flexibility index (Phi) is 7.97. The molecule has 4 rings (SSSR count). The lowest BCUT2D eigenvalue weighted by Gasteiger charge is -2.36. The Bertz CT molecular complexity index is 1110. The monoisotopic (exact) mass is 571 g/mol. The fourth-order valence-corrected chi connectivity index (χ4v) is 4.76. The molecule has 32 heavy (non-hydrogen) atoms. The molecular formula is C22H21BrCl3N5S. The molecule has 1 aromatic heterocycles. The van der Waals surface area contributed by atoms with Crippen molar-refractivity contribution >= 4 is 73.9 Å². The van der Waals surface area contributed by atoms with Gasteiger partial charge in [0, 0.05) is 43.9 Å². The zero-order chi connectivity index (χ0) is 22.7. The number of hydrogen-bond donors (Lipinski definition) is 1. The van der Waals surface area contributed by atoms with Gasteiger partial charge in [-0.2, -0.15) is 5.10 Å². The highest BCUT2D eigenvalue weighted by Crippen LogP contribution is 2.25. The van der Waals surface area contributed by atoms with Gasteiger partial charge in [0.1, 0.15) is 0 Å². The van der Waals surface area contributed by atoms with E-state index in [-0.39, 0.29) is 0 Å². The van der Waals surface area contributed by atoms with Crippen molar-refractivity contribution < 1.29 is 0 Å². The average Bonchev–Trinajstić information content (AvgIpc) is 3.11. The van der Waals surface area contributed by atoms with Crippen LogP contribution in [0.4, 0.5) is 5.82 Å². The van der Waals surface area contributed by atoms with Gasteiger partial charge >= 0.3 is 0 Å². The van der Waals surface area contributed by atoms with Crippen molar-refractivity contribution in [3.8, 4) is 0 Å². The van der Waals surface area contributed by atoms with Crippen molar-refractivity contribution in [1.29, 1.82) is 0 Å². The maximum atomic E-state index is 6.27. The van der Waals surface area contributed by atoms with Crippen LogP contribution in [0.5, 0.6) is 0 Å². The molecule has 1 fully saturated rings. The normalized spacial score (nSPS) is 14.6. The smallest absolute Gasteiger partial charge is 0.174 e. The van der Waals surface area contributed by atoms with Crippen molar-refractivity contribution in [3.63, 3.8) is 0 Å². The van der Waals surface area contributed by atoms with Crippen LogP contribution in [0.3, 0.4) is 0 Å². The van der Waals surface area contributed by atoms with Gasteiger partial charge in [-0.25, -0.2) is 0 Å². The molecule has 1 aliphatic rings. The zero-order valence-corrected chi connectivity index (χ0v) is 21.7. The second-order valence-electron chi connectivity index (χ2n) is 7.56. The first-order valence-corrected chi connectivity index (χ1v) is 12.4. The van der Waals surface area contributed by atoms with E-state index in [0.717, 1.165) is 53.3 Å². The van der Waals surface area contributed by atoms with E-state index in [1.165, 1.54) is 0 Å². The quantitative estimate of drug-likeness (QED) is 0.370. The topological polar surface area (TPSA) is 36.3 Å². The van der Waals surface area contributed by atoms with Crippen molar-refractivity contribution in [3.05, 3.63) is 79.3 Å². The van der Waals surface area contributed by atoms with Crippen LogP contribution in [-0.4, -0.2) is 50.9 Å². The predicted octanol–water partition coefficient (Wildman–Crippen LogP) is 6.17. The molecule has 3 aromatic rings. The summed E-state index contributed by atoms with van der Waals surface area (Å²) in [6.07, 6.45) is 1.92. The zero-order valence-electron chi connectivity index (χ0n) is 17.1. The van der Waals surface area contributed by atoms with Crippen molar-refractivity contribution in [2.45, 2.75) is 13.1 Å². The Hall–Kier alpha value is -1.35. The van der Waals surface area contributed by atoms with E-state index in [2.05, 4.69) is 36.1 Å². The molecule has 0 atom stereocenters. The summed E-state index contributed by atoms with van der Waals surface area (Å²) in [5.74, 6) is 0.695. The molecule has 168 valence electrons. The number of benzene rings is 2. The van der Waals surface area contributed by atoms with E-state index in [1.54, 1.807) is 0 Å². The first kappa shape index (κ1) is 23.8. The Morgan fingerprint density at radius 2 is 1.72 bits per heavy atom. The molecule has 0 unspecified atom stereocenters. The molecule has 5 nitrogen and oxygen atoms in total. The minimum atomic E-state index is 0.581. The van der Waals surface area contributed by atoms with E-state index < -0.39 is 0 Å². The largest absolute Gasteiger partial charge is 0.346 e. The van der Waals surface area contributed by atoms with Crippen molar-refractivity contribution in [1.82, 2.24) is 19.6 Å². The van der Waals surface area contributed by atoms with Gasteiger partial charge < -0.3 is 10.2 Å². The van der Waals surface area contributed by atoms with Gasteiger partial charge in [0.2, 0.25) is 0 Å². The third kappa shape index (κ3) is 5.95. The second-order valence-corrected chi connectivity index (χ2v) is 10.0. The number of halogens is 4. The summed E-state index contributed by atoms with van der Waals surface area (Å²) in [6.45, 7) is 4.91. The molecule has 1 saturated heterocycles. The molecule has 2 heterocycles. The summed E-state index contributed by atoms with van der Waals surface area (Å²) in [6, 6.07) is 13.5. The Balaban J connectivity index is 1.31. The summed E-state index contributed by atoms with van der Waals surface area (Å²) in [5.41, 5.74) is 2.16. The first-order chi connectivity index (χ1) is 15.4. The lowest BCUT2D eigenvalue weighted by Crippen LogP contribution is -2.49. The van der Waals surface area contributed by atoms with Crippen LogP contribution in [0.15, 0.2) is 53.1 Å². The third-order valence-corrected chi connectivity index (χ3v) is 7.33. The van der Waals surface area contributed by atoms with Gasteiger partial charge in [-0.3, -0.25) is 9.58 Å². The standard InChI is InChI=1S/C22H21BrCl3N5S/c23-17-14-31(13-16-3-1-2-4-18(16)24)28-21(17)27-22(32)30-9-7-29(8-10-30)12-15-5-6-19(25)20(26)11-15/h1-6,11,14H,7-10,12-13H2,(H,27,28,32). The molecule has 1 N–H and O–H groups in total. The Morgan fingerprint density at radius 3 is 2.44 bits per heavy atom. The lowest BCUT2D eigenvalue weighted by atomic mass is 10.2. The van der Waals surface area contributed by atoms with Gasteiger partial charge in [-0.05, 0) is 57.5 Å². The van der Waals surface area contributed by atoms with Crippen LogP contribution in [-0.2, 0) is 13.1 Å². The summed E-state index contributed by atoms with van der Waals surface area (Å²) in [7, 11) is 0. The van der Waals surface area contributed by atoms with Crippen molar-refractivity contribution in [2.75, 3.05) is 31.5 Å². The van der Waals surface area contributed by atoms with E-state index in [4.69, 9.17) is 47.0 Å². The van der Waals surface area contributed by atoms with Gasteiger partial charge in [0.05, 0.1) is 21.1 Å². The fourth-order valence-electron chi connectivity index (χ4n) is 3.55. The lowest BCUT2D eigenvalue weighted by molar-refractivity contribution is 0.177. The second kappa shape index (κ2) is 10.7. The molecule has 0 saturated carbocycles. The molecule has 0 amide bonds. The highest BCUT2D eigenvalue weighted by atomic mass is 79.9. The van der Waals surface area contributed by atoms with Gasteiger partial charge in [0.15, 0.2) is 10.9 Å². The van der Waals surface area contributed by atoms with Crippen LogP contribution < -0.4 is 5.32 Å². The maximum Gasteiger partial charge on any atom is 0.174 e. The van der Waals surface area contributed by atoms with E-state index in [9.17, 15) is 0 Å². The minimum Gasteiger partial charge on any atom is -0.346 e. The number of aromatic nitrogens is 2. The molecular weight excluding hydrogens is 553 g/mol. The SMILES string of the molecule is S=C(Nc1nn(Cc2ccccc2Cl)cc1Br)N1CCN(Cc2ccc(Cl)c(Cl)c2)CC1. The Morgan fingerprint density at radius 1 is 0.969 bits per heavy atom. The molecule has 2 aromatic carbocycles. The number of anilines is 1. The number of rotatable bonds is 5. The summed E-state index contributed by atoms with van der Waals surface area (Å²) >= 11 is 27.6. The number of hydrogen-bond acceptors (Lipinski definition) is 3. The maximum absolute atomic E-state index is 6.27. The van der Waals surface area contributed by atoms with Crippen LogP contribution in [0.25, 0.3) is 0 Å². The molecule has 0 radical (unpaired) electrons. The number of nitrogens with zero attached hydrogens (tertiary/aromatic N) is 4. The fraction of sp³-hybridized carbons (Fsp3) is 0.273. The molecule has 1 aliphatic heterocycles. The van der Waals surface area contributed by atoms with Crippen molar-refractivity contribution in [2.24, 2.45) is 0 Å². The first-order valence-electron chi connectivity index (χ1n) is 10.1. The third-order valence-electron chi connectivity index (χ3n) is 5.28. The van der Waals surface area contributed by atoms with Crippen LogP contribution >= 0.6 is 63.0 Å². The van der Waals surface area contributed by atoms with Gasteiger partial charge in [-0.15, -0.1) is 0 Å². The molecule has 0 aliphatic carbocycles. The summed E-state index contributed by atoms with van der Waals surface area (Å²) in [5, 5.41) is 10.5. The number of piperazine rings is 1. The van der Waals surface area contributed by atoms with Crippen LogP contribution in [0.2, 0.25) is 15.1 Å². The summed E-state index contributed by atoms with van der Waals surface area (Å²) < 4.78 is 2.69. The molecule has 0 bridgehead atoms. The number of thiocarbonyl (C=S) groups is 1. The number of nitrogens with one attached hydrogen (secondary N) is 1. The average molecular weight is 574 g/mol. The highest BCUT2D eigenvalue weighted by Gasteiger charge is 2.20. The summed E-state index contributed by atoms with van der Waals surface area (Å²) in [4.78, 5) is 4.55. The van der Waals surface area contributed by atoms with E-state index >= 15 is 0 Å². The Labute approximate surface area is 216 Å². The highest BCUT2D eigenvalue weighted by molar-refractivity contribution is 9.10. The minimum absolute atomic E-state index is 0.581. The molecule has 10 heteroatoms. The van der Waals surface area contributed by atoms with E-state index in [1.807, 2.05) is 53.3 Å². The van der Waals surface area contributed by atoms with E-state index in [0.29, 0.717) is 27.5 Å². The molecule has 0 spiro atoms.